The molecular formula is C14H14N2O2. The molecule has 1 aromatic carbocycles. The molecule has 2 rings (SSSR count). The number of carbonyl (C=O) groups is 1. The van der Waals surface area contributed by atoms with E-state index in [2.05, 4.69) is 10.3 Å². The van der Waals surface area contributed by atoms with E-state index < -0.39 is 6.10 Å². The fourth-order valence-electron chi connectivity index (χ4n) is 1.58. The summed E-state index contributed by atoms with van der Waals surface area (Å²) in [7, 11) is 0. The Morgan fingerprint density at radius 2 is 2.00 bits per heavy atom. The van der Waals surface area contributed by atoms with Gasteiger partial charge in [0.15, 0.2) is 0 Å². The predicted molar refractivity (Wildman–Crippen MR) is 68.0 cm³/mol. The van der Waals surface area contributed by atoms with Gasteiger partial charge in [0, 0.05) is 18.9 Å². The number of hydrogen-bond donors (Lipinski definition) is 2. The lowest BCUT2D eigenvalue weighted by Gasteiger charge is -2.11. The minimum Gasteiger partial charge on any atom is -0.387 e. The van der Waals surface area contributed by atoms with E-state index in [0.29, 0.717) is 5.56 Å². The van der Waals surface area contributed by atoms with Gasteiger partial charge in [0.25, 0.3) is 5.91 Å². The molecule has 0 bridgehead atoms. The molecule has 4 nitrogen and oxygen atoms in total. The summed E-state index contributed by atoms with van der Waals surface area (Å²) < 4.78 is 0. The molecule has 0 saturated carbocycles. The lowest BCUT2D eigenvalue weighted by atomic mass is 10.1. The molecule has 2 N–H and O–H groups in total. The number of pyridine rings is 1. The van der Waals surface area contributed by atoms with Gasteiger partial charge in [-0.25, -0.2) is 0 Å². The van der Waals surface area contributed by atoms with E-state index in [0.717, 1.165) is 5.56 Å². The van der Waals surface area contributed by atoms with E-state index in [1.165, 1.54) is 6.20 Å². The molecule has 1 heterocycles. The molecule has 1 amide bonds. The molecule has 1 atom stereocenters. The number of aromatic nitrogens is 1. The number of nitrogens with zero attached hydrogens (tertiary/aromatic N) is 1. The number of hydrogen-bond acceptors (Lipinski definition) is 3. The van der Waals surface area contributed by atoms with Crippen LogP contribution in [0, 0.1) is 0 Å². The second-order valence-corrected chi connectivity index (χ2v) is 3.88. The number of nitrogens with one attached hydrogen (secondary N) is 1. The van der Waals surface area contributed by atoms with Crippen molar-refractivity contribution in [2.24, 2.45) is 0 Å². The van der Waals surface area contributed by atoms with Crippen LogP contribution in [0.1, 0.15) is 22.0 Å². The molecule has 18 heavy (non-hydrogen) atoms. The van der Waals surface area contributed by atoms with Crippen LogP contribution in [0.15, 0.2) is 54.9 Å². The van der Waals surface area contributed by atoms with Gasteiger partial charge in [-0.3, -0.25) is 9.78 Å². The molecule has 0 aliphatic carbocycles. The van der Waals surface area contributed by atoms with E-state index in [1.54, 1.807) is 18.3 Å². The maximum atomic E-state index is 11.7. The first-order valence-corrected chi connectivity index (χ1v) is 5.68. The first-order chi connectivity index (χ1) is 8.77. The van der Waals surface area contributed by atoms with E-state index in [-0.39, 0.29) is 12.5 Å². The Morgan fingerprint density at radius 3 is 2.67 bits per heavy atom. The third-order valence-corrected chi connectivity index (χ3v) is 2.56. The van der Waals surface area contributed by atoms with E-state index in [9.17, 15) is 9.90 Å². The summed E-state index contributed by atoms with van der Waals surface area (Å²) in [6, 6.07) is 12.6. The maximum Gasteiger partial charge on any atom is 0.252 e. The van der Waals surface area contributed by atoms with Crippen LogP contribution in [0.5, 0.6) is 0 Å². The summed E-state index contributed by atoms with van der Waals surface area (Å²) in [5, 5.41) is 12.6. The SMILES string of the molecule is O=C(NC[C@H](O)c1ccccc1)c1cccnc1. The van der Waals surface area contributed by atoms with Crippen LogP contribution < -0.4 is 5.32 Å². The van der Waals surface area contributed by atoms with E-state index in [1.807, 2.05) is 30.3 Å². The molecule has 0 spiro atoms. The van der Waals surface area contributed by atoms with E-state index >= 15 is 0 Å². The molecule has 2 aromatic rings. The predicted octanol–water partition coefficient (Wildman–Crippen LogP) is 1.55. The van der Waals surface area contributed by atoms with Gasteiger partial charge in [-0.05, 0) is 17.7 Å². The third kappa shape index (κ3) is 3.15. The van der Waals surface area contributed by atoms with Gasteiger partial charge in [-0.15, -0.1) is 0 Å². The summed E-state index contributed by atoms with van der Waals surface area (Å²) in [5.74, 6) is -0.238. The Hall–Kier alpha value is -2.20. The van der Waals surface area contributed by atoms with Crippen LogP contribution in [0.25, 0.3) is 0 Å². The minimum absolute atomic E-state index is 0.178. The van der Waals surface area contributed by atoms with Crippen LogP contribution >= 0.6 is 0 Å². The Morgan fingerprint density at radius 1 is 1.22 bits per heavy atom. The van der Waals surface area contributed by atoms with Gasteiger partial charge in [-0.1, -0.05) is 30.3 Å². The Bertz CT molecular complexity index is 500. The first kappa shape index (κ1) is 12.3. The van der Waals surface area contributed by atoms with Crippen LogP contribution in [0.3, 0.4) is 0 Å². The van der Waals surface area contributed by atoms with Crippen LogP contribution in [0.4, 0.5) is 0 Å². The van der Waals surface area contributed by atoms with Crippen molar-refractivity contribution in [1.29, 1.82) is 0 Å². The second-order valence-electron chi connectivity index (χ2n) is 3.88. The van der Waals surface area contributed by atoms with Crippen molar-refractivity contribution in [2.45, 2.75) is 6.10 Å². The second kappa shape index (κ2) is 5.93. The molecule has 4 heteroatoms. The minimum atomic E-state index is -0.702. The first-order valence-electron chi connectivity index (χ1n) is 5.68. The molecule has 0 aliphatic heterocycles. The summed E-state index contributed by atoms with van der Waals surface area (Å²) >= 11 is 0. The average Bonchev–Trinajstić information content (AvgIpc) is 2.46. The van der Waals surface area contributed by atoms with Gasteiger partial charge >= 0.3 is 0 Å². The van der Waals surface area contributed by atoms with Crippen molar-refractivity contribution < 1.29 is 9.90 Å². The summed E-state index contributed by atoms with van der Waals surface area (Å²) in [5.41, 5.74) is 1.27. The maximum absolute atomic E-state index is 11.7. The zero-order chi connectivity index (χ0) is 12.8. The zero-order valence-electron chi connectivity index (χ0n) is 9.78. The van der Waals surface area contributed by atoms with Crippen molar-refractivity contribution in [3.8, 4) is 0 Å². The molecule has 0 fully saturated rings. The van der Waals surface area contributed by atoms with Crippen molar-refractivity contribution in [3.63, 3.8) is 0 Å². The van der Waals surface area contributed by atoms with Gasteiger partial charge in [0.05, 0.1) is 11.7 Å². The highest BCUT2D eigenvalue weighted by atomic mass is 16.3. The molecule has 1 aromatic heterocycles. The largest absolute Gasteiger partial charge is 0.387 e. The lowest BCUT2D eigenvalue weighted by Crippen LogP contribution is -2.28. The third-order valence-electron chi connectivity index (χ3n) is 2.56. The highest BCUT2D eigenvalue weighted by molar-refractivity contribution is 5.93. The Kier molecular flexibility index (Phi) is 4.04. The molecule has 0 radical (unpaired) electrons. The zero-order valence-corrected chi connectivity index (χ0v) is 9.78. The van der Waals surface area contributed by atoms with Crippen molar-refractivity contribution in [2.75, 3.05) is 6.54 Å². The standard InChI is InChI=1S/C14H14N2O2/c17-13(11-5-2-1-3-6-11)10-16-14(18)12-7-4-8-15-9-12/h1-9,13,17H,10H2,(H,16,18)/t13-/m0/s1. The fourth-order valence-corrected chi connectivity index (χ4v) is 1.58. The lowest BCUT2D eigenvalue weighted by molar-refractivity contribution is 0.0916. The van der Waals surface area contributed by atoms with Crippen LogP contribution in [-0.4, -0.2) is 22.5 Å². The summed E-state index contributed by atoms with van der Waals surface area (Å²) in [6.45, 7) is 0.178. The number of rotatable bonds is 4. The molecule has 0 aliphatic rings. The van der Waals surface area contributed by atoms with Gasteiger partial charge in [-0.2, -0.15) is 0 Å². The van der Waals surface area contributed by atoms with Crippen molar-refractivity contribution in [1.82, 2.24) is 10.3 Å². The van der Waals surface area contributed by atoms with Crippen molar-refractivity contribution in [3.05, 3.63) is 66.0 Å². The highest BCUT2D eigenvalue weighted by Gasteiger charge is 2.10. The molecule has 0 unspecified atom stereocenters. The van der Waals surface area contributed by atoms with Crippen LogP contribution in [0.2, 0.25) is 0 Å². The Balaban J connectivity index is 1.91. The van der Waals surface area contributed by atoms with E-state index in [4.69, 9.17) is 0 Å². The number of amides is 1. The quantitative estimate of drug-likeness (QED) is 0.855. The van der Waals surface area contributed by atoms with Crippen LogP contribution in [-0.2, 0) is 0 Å². The Labute approximate surface area is 105 Å². The number of aliphatic hydroxyl groups excluding tert-OH is 1. The molecule has 0 saturated heterocycles. The fraction of sp³-hybridized carbons (Fsp3) is 0.143. The average molecular weight is 242 g/mol. The summed E-state index contributed by atoms with van der Waals surface area (Å²) in [6.07, 6.45) is 2.40. The normalized spacial score (nSPS) is 11.8. The van der Waals surface area contributed by atoms with Gasteiger partial charge in [0.1, 0.15) is 0 Å². The van der Waals surface area contributed by atoms with Crippen molar-refractivity contribution >= 4 is 5.91 Å². The van der Waals surface area contributed by atoms with Gasteiger partial charge in [0.2, 0.25) is 0 Å². The van der Waals surface area contributed by atoms with Gasteiger partial charge < -0.3 is 10.4 Å². The molecule has 92 valence electrons. The number of aliphatic hydroxyl groups is 1. The highest BCUT2D eigenvalue weighted by Crippen LogP contribution is 2.10. The number of carbonyl (C=O) groups excluding carboxylic acids is 1. The topological polar surface area (TPSA) is 62.2 Å². The monoisotopic (exact) mass is 242 g/mol. The summed E-state index contributed by atoms with van der Waals surface area (Å²) in [4.78, 5) is 15.6. The number of benzene rings is 1. The smallest absolute Gasteiger partial charge is 0.252 e. The molecular weight excluding hydrogens is 228 g/mol.